The Hall–Kier alpha value is -2.28. The number of rotatable bonds is 7. The van der Waals surface area contributed by atoms with E-state index in [1.807, 2.05) is 13.8 Å². The molecule has 0 aromatic heterocycles. The van der Waals surface area contributed by atoms with Crippen molar-refractivity contribution in [2.45, 2.75) is 32.7 Å². The first-order chi connectivity index (χ1) is 12.8. The number of halogens is 1. The molecule has 1 aromatic carbocycles. The van der Waals surface area contributed by atoms with Gasteiger partial charge in [0, 0.05) is 5.02 Å². The maximum Gasteiger partial charge on any atom is 0.328 e. The maximum absolute atomic E-state index is 12.2. The molecule has 0 spiro atoms. The average molecular weight is 398 g/mol. The summed E-state index contributed by atoms with van der Waals surface area (Å²) in [5, 5.41) is 3.10. The molecular weight excluding hydrogens is 374 g/mol. The van der Waals surface area contributed by atoms with E-state index in [0.29, 0.717) is 23.6 Å². The second-order valence-electron chi connectivity index (χ2n) is 6.84. The zero-order valence-corrected chi connectivity index (χ0v) is 16.4. The highest BCUT2D eigenvalue weighted by Crippen LogP contribution is 2.30. The number of carbonyl (C=O) groups is 3. The van der Waals surface area contributed by atoms with Gasteiger partial charge in [-0.25, -0.2) is 4.79 Å². The summed E-state index contributed by atoms with van der Waals surface area (Å²) in [6.07, 6.45) is 0.856. The van der Waals surface area contributed by atoms with Crippen LogP contribution in [0, 0.1) is 11.8 Å². The van der Waals surface area contributed by atoms with Gasteiger partial charge in [0.1, 0.15) is 18.4 Å². The lowest BCUT2D eigenvalue weighted by Crippen LogP contribution is -2.44. The fourth-order valence-corrected chi connectivity index (χ4v) is 3.03. The maximum atomic E-state index is 12.2. The highest BCUT2D eigenvalue weighted by molar-refractivity contribution is 6.30. The van der Waals surface area contributed by atoms with Crippen LogP contribution >= 0.6 is 11.6 Å². The molecule has 1 aliphatic heterocycles. The van der Waals surface area contributed by atoms with Crippen LogP contribution in [0.5, 0.6) is 5.75 Å². The normalized spacial score (nSPS) is 16.7. The highest BCUT2D eigenvalue weighted by Gasteiger charge is 2.29. The summed E-state index contributed by atoms with van der Waals surface area (Å²) in [5.41, 5.74) is 0.822. The zero-order chi connectivity index (χ0) is 20.0. The van der Waals surface area contributed by atoms with Gasteiger partial charge in [0.2, 0.25) is 0 Å². The standard InChI is InChI=1S/C19H24ClNO6/c1-11(2)6-15(19(24)25-3)21-17(22)10-27-18(23)13-7-12-8-14(20)4-5-16(12)26-9-13/h4-5,8,11,13,15H,6-7,9-10H2,1-3H3,(H,21,22)/t13-,15+/m0/s1. The Bertz CT molecular complexity index is 705. The van der Waals surface area contributed by atoms with Gasteiger partial charge in [0.05, 0.1) is 13.0 Å². The lowest BCUT2D eigenvalue weighted by atomic mass is 9.97. The molecule has 1 aliphatic rings. The number of ether oxygens (including phenoxy) is 3. The van der Waals surface area contributed by atoms with Crippen LogP contribution in [-0.2, 0) is 30.3 Å². The molecule has 0 saturated carbocycles. The van der Waals surface area contributed by atoms with Gasteiger partial charge in [-0.05, 0) is 42.5 Å². The SMILES string of the molecule is COC(=O)[C@@H](CC(C)C)NC(=O)COC(=O)[C@@H]1COc2ccc(Cl)cc2C1. The second kappa shape index (κ2) is 9.60. The first-order valence-corrected chi connectivity index (χ1v) is 9.13. The Morgan fingerprint density at radius 1 is 1.33 bits per heavy atom. The smallest absolute Gasteiger partial charge is 0.328 e. The fraction of sp³-hybridized carbons (Fsp3) is 0.526. The lowest BCUT2D eigenvalue weighted by molar-refractivity contribution is -0.154. The number of esters is 2. The Balaban J connectivity index is 1.85. The van der Waals surface area contributed by atoms with E-state index in [-0.39, 0.29) is 12.5 Å². The van der Waals surface area contributed by atoms with E-state index in [1.165, 1.54) is 7.11 Å². The van der Waals surface area contributed by atoms with Gasteiger partial charge in [-0.3, -0.25) is 9.59 Å². The quantitative estimate of drug-likeness (QED) is 0.709. The van der Waals surface area contributed by atoms with E-state index in [1.54, 1.807) is 18.2 Å². The van der Waals surface area contributed by atoms with Gasteiger partial charge in [0.25, 0.3) is 5.91 Å². The third kappa shape index (κ3) is 6.13. The van der Waals surface area contributed by atoms with Crippen molar-refractivity contribution in [3.8, 4) is 5.75 Å². The van der Waals surface area contributed by atoms with Crippen LogP contribution < -0.4 is 10.1 Å². The number of hydrogen-bond acceptors (Lipinski definition) is 6. The Kier molecular flexibility index (Phi) is 7.47. The van der Waals surface area contributed by atoms with Crippen molar-refractivity contribution in [1.29, 1.82) is 0 Å². The minimum Gasteiger partial charge on any atom is -0.492 e. The number of amides is 1. The summed E-state index contributed by atoms with van der Waals surface area (Å²) >= 11 is 5.97. The third-order valence-corrected chi connectivity index (χ3v) is 4.37. The van der Waals surface area contributed by atoms with Crippen LogP contribution in [0.25, 0.3) is 0 Å². The molecule has 1 amide bonds. The van der Waals surface area contributed by atoms with Crippen molar-refractivity contribution in [1.82, 2.24) is 5.32 Å². The van der Waals surface area contributed by atoms with Crippen molar-refractivity contribution in [3.63, 3.8) is 0 Å². The van der Waals surface area contributed by atoms with Gasteiger partial charge in [-0.1, -0.05) is 25.4 Å². The lowest BCUT2D eigenvalue weighted by Gasteiger charge is -2.24. The summed E-state index contributed by atoms with van der Waals surface area (Å²) in [7, 11) is 1.26. The first-order valence-electron chi connectivity index (χ1n) is 8.75. The van der Waals surface area contributed by atoms with Crippen LogP contribution in [0.1, 0.15) is 25.8 Å². The van der Waals surface area contributed by atoms with Crippen molar-refractivity contribution >= 4 is 29.4 Å². The van der Waals surface area contributed by atoms with Gasteiger partial charge >= 0.3 is 11.9 Å². The summed E-state index contributed by atoms with van der Waals surface area (Å²) in [6.45, 7) is 3.56. The highest BCUT2D eigenvalue weighted by atomic mass is 35.5. The topological polar surface area (TPSA) is 90.9 Å². The molecule has 2 rings (SSSR count). The van der Waals surface area contributed by atoms with Crippen LogP contribution in [0.15, 0.2) is 18.2 Å². The molecule has 2 atom stereocenters. The zero-order valence-electron chi connectivity index (χ0n) is 15.6. The van der Waals surface area contributed by atoms with E-state index in [2.05, 4.69) is 10.1 Å². The van der Waals surface area contributed by atoms with Gasteiger partial charge < -0.3 is 19.5 Å². The van der Waals surface area contributed by atoms with E-state index < -0.39 is 36.4 Å². The molecule has 0 fully saturated rings. The molecule has 0 bridgehead atoms. The molecule has 8 heteroatoms. The van der Waals surface area contributed by atoms with Crippen LogP contribution in [-0.4, -0.2) is 44.2 Å². The number of benzene rings is 1. The summed E-state index contributed by atoms with van der Waals surface area (Å²) < 4.78 is 15.3. The largest absolute Gasteiger partial charge is 0.492 e. The Labute approximate surface area is 163 Å². The fourth-order valence-electron chi connectivity index (χ4n) is 2.83. The number of fused-ring (bicyclic) bond motifs is 1. The van der Waals surface area contributed by atoms with Crippen molar-refractivity contribution < 1.29 is 28.6 Å². The monoisotopic (exact) mass is 397 g/mol. The molecule has 0 radical (unpaired) electrons. The third-order valence-electron chi connectivity index (χ3n) is 4.14. The van der Waals surface area contributed by atoms with Crippen molar-refractivity contribution in [2.24, 2.45) is 11.8 Å². The minimum atomic E-state index is -0.770. The molecule has 1 aromatic rings. The van der Waals surface area contributed by atoms with Crippen LogP contribution in [0.2, 0.25) is 5.02 Å². The van der Waals surface area contributed by atoms with E-state index >= 15 is 0 Å². The predicted molar refractivity (Wildman–Crippen MR) is 98.5 cm³/mol. The number of methoxy groups -OCH3 is 1. The molecule has 7 nitrogen and oxygen atoms in total. The van der Waals surface area contributed by atoms with Crippen molar-refractivity contribution in [2.75, 3.05) is 20.3 Å². The first kappa shape index (κ1) is 21.0. The molecule has 148 valence electrons. The molecule has 0 unspecified atom stereocenters. The molecule has 0 saturated heterocycles. The molecule has 0 aliphatic carbocycles. The minimum absolute atomic E-state index is 0.174. The number of nitrogens with one attached hydrogen (secondary N) is 1. The van der Waals surface area contributed by atoms with E-state index in [4.69, 9.17) is 21.1 Å². The summed E-state index contributed by atoms with van der Waals surface area (Å²) in [6, 6.07) is 4.45. The van der Waals surface area contributed by atoms with E-state index in [9.17, 15) is 14.4 Å². The Morgan fingerprint density at radius 2 is 2.07 bits per heavy atom. The molecular formula is C19H24ClNO6. The Morgan fingerprint density at radius 3 is 2.74 bits per heavy atom. The summed E-state index contributed by atoms with van der Waals surface area (Å²) in [5.74, 6) is -1.26. The van der Waals surface area contributed by atoms with Gasteiger partial charge in [-0.15, -0.1) is 0 Å². The molecule has 1 heterocycles. The van der Waals surface area contributed by atoms with Crippen LogP contribution in [0.3, 0.4) is 0 Å². The predicted octanol–water partition coefficient (Wildman–Crippen LogP) is 2.14. The van der Waals surface area contributed by atoms with E-state index in [0.717, 1.165) is 5.56 Å². The van der Waals surface area contributed by atoms with Gasteiger partial charge in [0.15, 0.2) is 6.61 Å². The average Bonchev–Trinajstić information content (AvgIpc) is 2.63. The number of hydrogen-bond donors (Lipinski definition) is 1. The van der Waals surface area contributed by atoms with Crippen molar-refractivity contribution in [3.05, 3.63) is 28.8 Å². The van der Waals surface area contributed by atoms with Gasteiger partial charge in [-0.2, -0.15) is 0 Å². The second-order valence-corrected chi connectivity index (χ2v) is 7.28. The number of carbonyl (C=O) groups excluding carboxylic acids is 3. The van der Waals surface area contributed by atoms with Crippen LogP contribution in [0.4, 0.5) is 0 Å². The molecule has 27 heavy (non-hydrogen) atoms. The molecule has 1 N–H and O–H groups in total. The summed E-state index contributed by atoms with van der Waals surface area (Å²) in [4.78, 5) is 36.0.